The molecular formula is C23H19FN4O. The number of hydrogen-bond donors (Lipinski definition) is 1. The van der Waals surface area contributed by atoms with Crippen molar-refractivity contribution in [2.75, 3.05) is 5.32 Å². The van der Waals surface area contributed by atoms with Crippen LogP contribution in [0.5, 0.6) is 0 Å². The monoisotopic (exact) mass is 386 g/mol. The van der Waals surface area contributed by atoms with Crippen molar-refractivity contribution in [3.63, 3.8) is 0 Å². The van der Waals surface area contributed by atoms with Gasteiger partial charge in [-0.3, -0.25) is 4.79 Å². The van der Waals surface area contributed by atoms with Gasteiger partial charge in [0.1, 0.15) is 5.82 Å². The average Bonchev–Trinajstić information content (AvgIpc) is 3.21. The van der Waals surface area contributed by atoms with Crippen molar-refractivity contribution >= 4 is 11.6 Å². The van der Waals surface area contributed by atoms with Crippen LogP contribution in [-0.2, 0) is 6.42 Å². The first kappa shape index (κ1) is 18.6. The summed E-state index contributed by atoms with van der Waals surface area (Å²) in [6.07, 6.45) is 0.929. The van der Waals surface area contributed by atoms with E-state index in [4.69, 9.17) is 0 Å². The van der Waals surface area contributed by atoms with Gasteiger partial charge >= 0.3 is 0 Å². The lowest BCUT2D eigenvalue weighted by Gasteiger charge is -2.05. The maximum absolute atomic E-state index is 13.3. The summed E-state index contributed by atoms with van der Waals surface area (Å²) in [5.41, 5.74) is 3.28. The number of carbonyl (C=O) groups is 1. The number of anilines is 1. The number of rotatable bonds is 5. The highest BCUT2D eigenvalue weighted by Gasteiger charge is 2.19. The zero-order valence-corrected chi connectivity index (χ0v) is 15.8. The summed E-state index contributed by atoms with van der Waals surface area (Å²) in [4.78, 5) is 17.2. The van der Waals surface area contributed by atoms with Gasteiger partial charge in [0.05, 0.1) is 5.69 Å². The van der Waals surface area contributed by atoms with Crippen molar-refractivity contribution < 1.29 is 9.18 Å². The van der Waals surface area contributed by atoms with Crippen LogP contribution in [0.25, 0.3) is 17.1 Å². The van der Waals surface area contributed by atoms with Crippen LogP contribution in [0.2, 0.25) is 0 Å². The Morgan fingerprint density at radius 1 is 0.966 bits per heavy atom. The Hall–Kier alpha value is -3.80. The normalized spacial score (nSPS) is 10.7. The molecule has 0 bridgehead atoms. The number of halogens is 1. The second-order valence-electron chi connectivity index (χ2n) is 6.52. The summed E-state index contributed by atoms with van der Waals surface area (Å²) in [6, 6.07) is 23.0. The van der Waals surface area contributed by atoms with Crippen LogP contribution in [-0.4, -0.2) is 20.7 Å². The molecule has 144 valence electrons. The van der Waals surface area contributed by atoms with E-state index in [-0.39, 0.29) is 11.6 Å². The van der Waals surface area contributed by atoms with Crippen molar-refractivity contribution in [2.24, 2.45) is 0 Å². The largest absolute Gasteiger partial charge is 0.319 e. The Morgan fingerprint density at radius 2 is 1.66 bits per heavy atom. The van der Waals surface area contributed by atoms with Gasteiger partial charge in [-0.1, -0.05) is 37.3 Å². The number of aromatic nitrogens is 3. The molecule has 0 unspecified atom stereocenters. The minimum Gasteiger partial charge on any atom is -0.319 e. The molecule has 3 aromatic carbocycles. The third-order valence-electron chi connectivity index (χ3n) is 4.53. The quantitative estimate of drug-likeness (QED) is 0.531. The van der Waals surface area contributed by atoms with Crippen molar-refractivity contribution in [1.82, 2.24) is 14.8 Å². The highest BCUT2D eigenvalue weighted by Crippen LogP contribution is 2.22. The number of amides is 1. The fourth-order valence-corrected chi connectivity index (χ4v) is 2.95. The Kier molecular flexibility index (Phi) is 5.16. The molecule has 4 aromatic rings. The number of nitrogens with one attached hydrogen (secondary N) is 1. The fourth-order valence-electron chi connectivity index (χ4n) is 2.95. The van der Waals surface area contributed by atoms with Crippen LogP contribution >= 0.6 is 0 Å². The molecule has 0 atom stereocenters. The molecule has 6 heteroatoms. The molecule has 0 fully saturated rings. The fraction of sp³-hybridized carbons (Fsp3) is 0.0870. The lowest BCUT2D eigenvalue weighted by atomic mass is 10.1. The van der Waals surface area contributed by atoms with Gasteiger partial charge in [0.25, 0.3) is 5.91 Å². The van der Waals surface area contributed by atoms with E-state index >= 15 is 0 Å². The molecule has 4 rings (SSSR count). The summed E-state index contributed by atoms with van der Waals surface area (Å²) in [6.45, 7) is 2.07. The van der Waals surface area contributed by atoms with Gasteiger partial charge in [-0.25, -0.2) is 14.1 Å². The molecule has 1 N–H and O–H groups in total. The second-order valence-corrected chi connectivity index (χ2v) is 6.52. The molecule has 1 amide bonds. The van der Waals surface area contributed by atoms with Crippen LogP contribution in [0.4, 0.5) is 10.1 Å². The SMILES string of the molecule is CCc1ccc(NC(=O)c2nc(-c3ccc(F)cc3)n(-c3ccccc3)n2)cc1. The molecule has 0 aliphatic rings. The molecule has 1 aromatic heterocycles. The molecule has 0 radical (unpaired) electrons. The van der Waals surface area contributed by atoms with Crippen molar-refractivity contribution in [3.8, 4) is 17.1 Å². The molecule has 29 heavy (non-hydrogen) atoms. The van der Waals surface area contributed by atoms with E-state index in [0.717, 1.165) is 12.1 Å². The molecule has 0 aliphatic carbocycles. The number of carbonyl (C=O) groups excluding carboxylic acids is 1. The van der Waals surface area contributed by atoms with Crippen molar-refractivity contribution in [2.45, 2.75) is 13.3 Å². The number of benzene rings is 3. The number of hydrogen-bond acceptors (Lipinski definition) is 3. The van der Waals surface area contributed by atoms with E-state index in [9.17, 15) is 9.18 Å². The predicted octanol–water partition coefficient (Wildman–Crippen LogP) is 4.89. The standard InChI is InChI=1S/C23H19FN4O/c1-2-16-8-14-19(15-9-16)25-23(29)21-26-22(17-10-12-18(24)13-11-17)28(27-21)20-6-4-3-5-7-20/h3-15H,2H2,1H3,(H,25,29). The summed E-state index contributed by atoms with van der Waals surface area (Å²) in [7, 11) is 0. The molecule has 0 saturated heterocycles. The Labute approximate surface area is 167 Å². The van der Waals surface area contributed by atoms with Crippen LogP contribution in [0.3, 0.4) is 0 Å². The van der Waals surface area contributed by atoms with Gasteiger partial charge < -0.3 is 5.32 Å². The van der Waals surface area contributed by atoms with E-state index < -0.39 is 5.91 Å². The lowest BCUT2D eigenvalue weighted by Crippen LogP contribution is -2.14. The lowest BCUT2D eigenvalue weighted by molar-refractivity contribution is 0.101. The van der Waals surface area contributed by atoms with Crippen LogP contribution < -0.4 is 5.32 Å². The maximum atomic E-state index is 13.3. The molecule has 0 spiro atoms. The van der Waals surface area contributed by atoms with E-state index in [1.807, 2.05) is 54.6 Å². The van der Waals surface area contributed by atoms with Gasteiger partial charge in [-0.2, -0.15) is 0 Å². The van der Waals surface area contributed by atoms with Crippen molar-refractivity contribution in [1.29, 1.82) is 0 Å². The summed E-state index contributed by atoms with van der Waals surface area (Å²) < 4.78 is 14.9. The first-order chi connectivity index (χ1) is 14.1. The topological polar surface area (TPSA) is 59.8 Å². The van der Waals surface area contributed by atoms with E-state index in [1.165, 1.54) is 17.7 Å². The minimum atomic E-state index is -0.410. The number of aryl methyl sites for hydroxylation is 1. The van der Waals surface area contributed by atoms with Crippen LogP contribution in [0, 0.1) is 5.82 Å². The zero-order valence-electron chi connectivity index (χ0n) is 15.8. The van der Waals surface area contributed by atoms with Gasteiger partial charge in [-0.05, 0) is 60.5 Å². The summed E-state index contributed by atoms with van der Waals surface area (Å²) in [5, 5.41) is 7.23. The van der Waals surface area contributed by atoms with Crippen LogP contribution in [0.1, 0.15) is 23.1 Å². The van der Waals surface area contributed by atoms with Crippen molar-refractivity contribution in [3.05, 3.63) is 96.1 Å². The Bertz CT molecular complexity index is 1120. The molecule has 5 nitrogen and oxygen atoms in total. The first-order valence-corrected chi connectivity index (χ1v) is 9.33. The third kappa shape index (κ3) is 4.06. The predicted molar refractivity (Wildman–Crippen MR) is 111 cm³/mol. The van der Waals surface area contributed by atoms with Gasteiger partial charge in [-0.15, -0.1) is 5.10 Å². The second kappa shape index (κ2) is 8.06. The van der Waals surface area contributed by atoms with Gasteiger partial charge in [0.2, 0.25) is 5.82 Å². The van der Waals surface area contributed by atoms with Crippen LogP contribution in [0.15, 0.2) is 78.9 Å². The summed E-state index contributed by atoms with van der Waals surface area (Å²) >= 11 is 0. The van der Waals surface area contributed by atoms with E-state index in [0.29, 0.717) is 17.1 Å². The molecule has 1 heterocycles. The summed E-state index contributed by atoms with van der Waals surface area (Å²) in [5.74, 6) is -0.254. The number of para-hydroxylation sites is 1. The van der Waals surface area contributed by atoms with Gasteiger partial charge in [0.15, 0.2) is 5.82 Å². The average molecular weight is 386 g/mol. The van der Waals surface area contributed by atoms with E-state index in [1.54, 1.807) is 16.8 Å². The molecule has 0 saturated carbocycles. The Balaban J connectivity index is 1.70. The number of nitrogens with zero attached hydrogens (tertiary/aromatic N) is 3. The maximum Gasteiger partial charge on any atom is 0.295 e. The highest BCUT2D eigenvalue weighted by atomic mass is 19.1. The minimum absolute atomic E-state index is 0.0350. The first-order valence-electron chi connectivity index (χ1n) is 9.33. The Morgan fingerprint density at radius 3 is 2.31 bits per heavy atom. The third-order valence-corrected chi connectivity index (χ3v) is 4.53. The van der Waals surface area contributed by atoms with E-state index in [2.05, 4.69) is 22.3 Å². The zero-order chi connectivity index (χ0) is 20.2. The molecule has 0 aliphatic heterocycles. The highest BCUT2D eigenvalue weighted by molar-refractivity contribution is 6.01. The smallest absolute Gasteiger partial charge is 0.295 e. The molecular weight excluding hydrogens is 367 g/mol. The van der Waals surface area contributed by atoms with Gasteiger partial charge in [0, 0.05) is 11.3 Å².